The highest BCUT2D eigenvalue weighted by Crippen LogP contribution is 2.23. The molecule has 0 bridgehead atoms. The zero-order chi connectivity index (χ0) is 23.6. The molecule has 0 aliphatic carbocycles. The molecule has 1 aliphatic rings. The largest absolute Gasteiger partial charge is 0.444 e. The van der Waals surface area contributed by atoms with Crippen LogP contribution in [-0.4, -0.2) is 49.6 Å². The Labute approximate surface area is 197 Å². The smallest absolute Gasteiger partial charge is 0.410 e. The van der Waals surface area contributed by atoms with Gasteiger partial charge in [-0.15, -0.1) is 0 Å². The van der Waals surface area contributed by atoms with E-state index in [2.05, 4.69) is 15.0 Å². The molecule has 172 valence electrons. The van der Waals surface area contributed by atoms with Crippen LogP contribution in [0.2, 0.25) is 5.02 Å². The molecule has 0 atom stereocenters. The van der Waals surface area contributed by atoms with Crippen LogP contribution in [0.15, 0.2) is 43.0 Å². The van der Waals surface area contributed by atoms with Crippen molar-refractivity contribution in [2.45, 2.75) is 39.2 Å². The molecule has 1 saturated heterocycles. The molecular formula is C24H25ClFN5O2. The van der Waals surface area contributed by atoms with Gasteiger partial charge < -0.3 is 9.64 Å². The summed E-state index contributed by atoms with van der Waals surface area (Å²) in [6.07, 6.45) is 7.72. The number of carbonyl (C=O) groups is 1. The third-order valence-corrected chi connectivity index (χ3v) is 5.43. The number of likely N-dealkylation sites (tertiary alicyclic amines) is 1. The maximum absolute atomic E-state index is 13.3. The highest BCUT2D eigenvalue weighted by atomic mass is 35.5. The fraction of sp³-hybridized carbons (Fsp3) is 0.375. The third-order valence-electron chi connectivity index (χ3n) is 5.14. The van der Waals surface area contributed by atoms with Gasteiger partial charge in [-0.25, -0.2) is 24.1 Å². The molecule has 7 nitrogen and oxygen atoms in total. The first-order chi connectivity index (χ1) is 15.7. The van der Waals surface area contributed by atoms with Crippen molar-refractivity contribution in [3.05, 3.63) is 70.9 Å². The number of rotatable bonds is 5. The summed E-state index contributed by atoms with van der Waals surface area (Å²) in [4.78, 5) is 31.6. The van der Waals surface area contributed by atoms with Crippen molar-refractivity contribution in [2.24, 2.45) is 5.92 Å². The maximum atomic E-state index is 13.3. The summed E-state index contributed by atoms with van der Waals surface area (Å²) in [7, 11) is 0. The van der Waals surface area contributed by atoms with Crippen LogP contribution in [0.4, 0.5) is 9.18 Å². The Morgan fingerprint density at radius 1 is 1.18 bits per heavy atom. The summed E-state index contributed by atoms with van der Waals surface area (Å²) in [6.45, 7) is 6.87. The molecule has 0 N–H and O–H groups in total. The van der Waals surface area contributed by atoms with E-state index in [-0.39, 0.29) is 11.1 Å². The molecule has 0 saturated carbocycles. The Kier molecular flexibility index (Phi) is 6.56. The number of halogens is 2. The van der Waals surface area contributed by atoms with Crippen molar-refractivity contribution < 1.29 is 13.9 Å². The third kappa shape index (κ3) is 6.01. The Bertz CT molecular complexity index is 1140. The molecule has 2 aromatic heterocycles. The second-order valence-corrected chi connectivity index (χ2v) is 9.57. The summed E-state index contributed by atoms with van der Waals surface area (Å²) in [6, 6.07) is 4.58. The van der Waals surface area contributed by atoms with Crippen LogP contribution in [0.25, 0.3) is 11.3 Å². The number of hydrogen-bond acceptors (Lipinski definition) is 6. The van der Waals surface area contributed by atoms with E-state index in [0.29, 0.717) is 36.9 Å². The molecule has 3 heterocycles. The van der Waals surface area contributed by atoms with Crippen LogP contribution in [0.5, 0.6) is 0 Å². The Balaban J connectivity index is 1.35. The predicted octanol–water partition coefficient (Wildman–Crippen LogP) is 4.73. The quantitative estimate of drug-likeness (QED) is 0.537. The number of ether oxygens (including phenoxy) is 1. The highest BCUT2D eigenvalue weighted by Gasteiger charge is 2.33. The normalized spacial score (nSPS) is 14.2. The second-order valence-electron chi connectivity index (χ2n) is 9.16. The summed E-state index contributed by atoms with van der Waals surface area (Å²) < 4.78 is 18.7. The molecule has 9 heteroatoms. The van der Waals surface area contributed by atoms with E-state index in [9.17, 15) is 9.18 Å². The van der Waals surface area contributed by atoms with Crippen LogP contribution in [0.3, 0.4) is 0 Å². The average molecular weight is 470 g/mol. The first kappa shape index (κ1) is 23.0. The summed E-state index contributed by atoms with van der Waals surface area (Å²) in [5, 5.41) is 0.0805. The van der Waals surface area contributed by atoms with E-state index in [1.54, 1.807) is 41.8 Å². The summed E-state index contributed by atoms with van der Waals surface area (Å²) in [5.41, 5.74) is 2.63. The molecule has 3 aromatic rings. The number of carbonyl (C=O) groups excluding carboxylic acids is 1. The second kappa shape index (κ2) is 9.39. The van der Waals surface area contributed by atoms with Crippen LogP contribution in [0.1, 0.15) is 37.9 Å². The maximum Gasteiger partial charge on any atom is 0.410 e. The molecular weight excluding hydrogens is 445 g/mol. The van der Waals surface area contributed by atoms with E-state index in [1.807, 2.05) is 20.8 Å². The molecule has 1 fully saturated rings. The standard InChI is InChI=1S/C24H25ClFN5O2/c1-24(2,3)33-23(32)31-13-16(14-31)6-18-11-27-12-21(30-18)17-9-28-22(29-10-17)8-15-4-5-20(26)19(25)7-15/h4-5,7,9-12,16H,6,8,13-14H2,1-3H3. The van der Waals surface area contributed by atoms with Crippen molar-refractivity contribution in [2.75, 3.05) is 13.1 Å². The monoisotopic (exact) mass is 469 g/mol. The van der Waals surface area contributed by atoms with Gasteiger partial charge in [-0.1, -0.05) is 17.7 Å². The molecule has 33 heavy (non-hydrogen) atoms. The minimum Gasteiger partial charge on any atom is -0.444 e. The molecule has 1 amide bonds. The number of benzene rings is 1. The Morgan fingerprint density at radius 2 is 1.91 bits per heavy atom. The van der Waals surface area contributed by atoms with Crippen LogP contribution in [-0.2, 0) is 17.6 Å². The van der Waals surface area contributed by atoms with E-state index in [0.717, 1.165) is 23.2 Å². The van der Waals surface area contributed by atoms with Gasteiger partial charge in [-0.3, -0.25) is 4.98 Å². The lowest BCUT2D eigenvalue weighted by Gasteiger charge is -2.39. The van der Waals surface area contributed by atoms with Crippen molar-refractivity contribution in [3.8, 4) is 11.3 Å². The van der Waals surface area contributed by atoms with Crippen molar-refractivity contribution in [3.63, 3.8) is 0 Å². The van der Waals surface area contributed by atoms with E-state index in [4.69, 9.17) is 21.3 Å². The number of amides is 1. The fourth-order valence-corrected chi connectivity index (χ4v) is 3.73. The molecule has 0 unspecified atom stereocenters. The van der Waals surface area contributed by atoms with Crippen molar-refractivity contribution >= 4 is 17.7 Å². The van der Waals surface area contributed by atoms with Crippen molar-refractivity contribution in [1.82, 2.24) is 24.8 Å². The topological polar surface area (TPSA) is 81.1 Å². The van der Waals surface area contributed by atoms with Crippen LogP contribution < -0.4 is 0 Å². The lowest BCUT2D eigenvalue weighted by Crippen LogP contribution is -2.52. The van der Waals surface area contributed by atoms with Gasteiger partial charge in [0.15, 0.2) is 0 Å². The summed E-state index contributed by atoms with van der Waals surface area (Å²) >= 11 is 5.84. The van der Waals surface area contributed by atoms with Crippen LogP contribution >= 0.6 is 11.6 Å². The number of aromatic nitrogens is 4. The van der Waals surface area contributed by atoms with E-state index in [1.165, 1.54) is 6.07 Å². The fourth-order valence-electron chi connectivity index (χ4n) is 3.52. The molecule has 0 spiro atoms. The lowest BCUT2D eigenvalue weighted by molar-refractivity contribution is -0.00101. The summed E-state index contributed by atoms with van der Waals surface area (Å²) in [5.74, 6) is 0.472. The SMILES string of the molecule is CC(C)(C)OC(=O)N1CC(Cc2cncc(-c3cnc(Cc4ccc(F)c(Cl)c4)nc3)n2)C1. The van der Waals surface area contributed by atoms with Gasteiger partial charge >= 0.3 is 6.09 Å². The number of hydrogen-bond donors (Lipinski definition) is 0. The molecule has 0 radical (unpaired) electrons. The highest BCUT2D eigenvalue weighted by molar-refractivity contribution is 6.30. The Morgan fingerprint density at radius 3 is 2.58 bits per heavy atom. The zero-order valence-corrected chi connectivity index (χ0v) is 19.5. The first-order valence-electron chi connectivity index (χ1n) is 10.7. The number of nitrogens with zero attached hydrogens (tertiary/aromatic N) is 5. The first-order valence-corrected chi connectivity index (χ1v) is 11.1. The van der Waals surface area contributed by atoms with Gasteiger partial charge in [-0.2, -0.15) is 0 Å². The van der Waals surface area contributed by atoms with Gasteiger partial charge in [0, 0.05) is 43.7 Å². The van der Waals surface area contributed by atoms with E-state index < -0.39 is 11.4 Å². The minimum atomic E-state index is -0.494. The molecule has 1 aliphatic heterocycles. The average Bonchev–Trinajstić information content (AvgIpc) is 2.72. The van der Waals surface area contributed by atoms with Gasteiger partial charge in [0.1, 0.15) is 17.2 Å². The van der Waals surface area contributed by atoms with Gasteiger partial charge in [0.25, 0.3) is 0 Å². The van der Waals surface area contributed by atoms with Gasteiger partial charge in [-0.05, 0) is 50.8 Å². The lowest BCUT2D eigenvalue weighted by atomic mass is 9.95. The predicted molar refractivity (Wildman–Crippen MR) is 122 cm³/mol. The van der Waals surface area contributed by atoms with E-state index >= 15 is 0 Å². The minimum absolute atomic E-state index is 0.0805. The van der Waals surface area contributed by atoms with Crippen LogP contribution in [0, 0.1) is 11.7 Å². The van der Waals surface area contributed by atoms with Gasteiger partial charge in [0.2, 0.25) is 0 Å². The zero-order valence-electron chi connectivity index (χ0n) is 18.8. The Hall–Kier alpha value is -3.13. The molecule has 1 aromatic carbocycles. The van der Waals surface area contributed by atoms with Crippen molar-refractivity contribution in [1.29, 1.82) is 0 Å². The molecule has 4 rings (SSSR count). The van der Waals surface area contributed by atoms with Gasteiger partial charge in [0.05, 0.1) is 22.6 Å².